The number of β-amino-alcohol motifs (C(OH)–C–C–N with tert-alkyl or cyclic N) is 1. The monoisotopic (exact) mass is 396 g/mol. The van der Waals surface area contributed by atoms with Crippen LogP contribution in [0.4, 0.5) is 0 Å². The molecule has 0 saturated carbocycles. The fourth-order valence-corrected chi connectivity index (χ4v) is 4.44. The van der Waals surface area contributed by atoms with E-state index in [1.807, 2.05) is 6.07 Å². The van der Waals surface area contributed by atoms with Gasteiger partial charge in [-0.25, -0.2) is 0 Å². The van der Waals surface area contributed by atoms with Crippen molar-refractivity contribution in [3.8, 4) is 5.75 Å². The first-order valence-electron chi connectivity index (χ1n) is 10.9. The van der Waals surface area contributed by atoms with E-state index in [0.717, 1.165) is 44.1 Å². The van der Waals surface area contributed by atoms with Crippen LogP contribution in [0.3, 0.4) is 0 Å². The van der Waals surface area contributed by atoms with E-state index >= 15 is 0 Å². The Kier molecular flexibility index (Phi) is 7.09. The molecule has 0 bridgehead atoms. The lowest BCUT2D eigenvalue weighted by Gasteiger charge is -2.26. The van der Waals surface area contributed by atoms with Gasteiger partial charge in [0.25, 0.3) is 0 Å². The van der Waals surface area contributed by atoms with E-state index in [-0.39, 0.29) is 12.0 Å². The lowest BCUT2D eigenvalue weighted by molar-refractivity contribution is 0.140. The molecule has 6 nitrogen and oxygen atoms in total. The van der Waals surface area contributed by atoms with Crippen LogP contribution in [0.5, 0.6) is 5.75 Å². The van der Waals surface area contributed by atoms with E-state index in [2.05, 4.69) is 38.0 Å². The number of aliphatic hydroxyl groups excluding tert-OH is 1. The number of aromatic nitrogens is 2. The Labute approximate surface area is 173 Å². The van der Waals surface area contributed by atoms with Crippen molar-refractivity contribution in [3.63, 3.8) is 0 Å². The minimum atomic E-state index is -0.319. The largest absolute Gasteiger partial charge is 0.492 e. The Morgan fingerprint density at radius 3 is 2.79 bits per heavy atom. The predicted octanol–water partition coefficient (Wildman–Crippen LogP) is 2.38. The average molecular weight is 397 g/mol. The number of piperidine rings is 1. The molecule has 0 spiro atoms. The third kappa shape index (κ3) is 5.98. The van der Waals surface area contributed by atoms with Gasteiger partial charge in [0.2, 0.25) is 0 Å². The normalized spacial score (nSPS) is 23.3. The molecule has 0 unspecified atom stereocenters. The maximum Gasteiger partial charge on any atom is 0.119 e. The minimum absolute atomic E-state index is 0.204. The Morgan fingerprint density at radius 2 is 1.97 bits per heavy atom. The molecule has 1 aromatic heterocycles. The van der Waals surface area contributed by atoms with Crippen LogP contribution in [0.2, 0.25) is 0 Å². The van der Waals surface area contributed by atoms with Gasteiger partial charge in [0.15, 0.2) is 0 Å². The molecule has 1 N–H and O–H groups in total. The molecular formula is C23H32N4O2. The highest BCUT2D eigenvalue weighted by Crippen LogP contribution is 2.23. The number of benzene rings is 1. The molecule has 156 valence electrons. The molecular weight excluding hydrogens is 364 g/mol. The van der Waals surface area contributed by atoms with Crippen molar-refractivity contribution in [3.05, 3.63) is 54.1 Å². The molecule has 2 atom stereocenters. The van der Waals surface area contributed by atoms with Crippen molar-refractivity contribution in [2.75, 3.05) is 39.3 Å². The van der Waals surface area contributed by atoms with Gasteiger partial charge in [-0.15, -0.1) is 0 Å². The SMILES string of the molecule is O[C@@H]1CN(Cc2cccc(OCCN3CCCCC3)c2)C[C@H]1Cc1cnccn1. The predicted molar refractivity (Wildman–Crippen MR) is 113 cm³/mol. The summed E-state index contributed by atoms with van der Waals surface area (Å²) >= 11 is 0. The van der Waals surface area contributed by atoms with E-state index in [4.69, 9.17) is 4.74 Å². The molecule has 0 radical (unpaired) electrons. The van der Waals surface area contributed by atoms with Crippen molar-refractivity contribution in [1.29, 1.82) is 0 Å². The summed E-state index contributed by atoms with van der Waals surface area (Å²) in [6.45, 7) is 6.56. The van der Waals surface area contributed by atoms with Crippen molar-refractivity contribution in [2.45, 2.75) is 38.3 Å². The second-order valence-electron chi connectivity index (χ2n) is 8.32. The Hall–Kier alpha value is -2.02. The van der Waals surface area contributed by atoms with Crippen molar-refractivity contribution in [2.24, 2.45) is 5.92 Å². The van der Waals surface area contributed by atoms with Gasteiger partial charge in [-0.05, 0) is 50.0 Å². The third-order valence-corrected chi connectivity index (χ3v) is 6.00. The first kappa shape index (κ1) is 20.3. The van der Waals surface area contributed by atoms with E-state index in [1.54, 1.807) is 18.6 Å². The summed E-state index contributed by atoms with van der Waals surface area (Å²) in [6.07, 6.45) is 9.63. The van der Waals surface area contributed by atoms with Gasteiger partial charge in [-0.3, -0.25) is 19.8 Å². The molecule has 2 aromatic rings. The minimum Gasteiger partial charge on any atom is -0.492 e. The zero-order valence-electron chi connectivity index (χ0n) is 17.1. The zero-order valence-corrected chi connectivity index (χ0v) is 17.1. The summed E-state index contributed by atoms with van der Waals surface area (Å²) in [5.74, 6) is 1.14. The summed E-state index contributed by atoms with van der Waals surface area (Å²) in [5, 5.41) is 10.5. The van der Waals surface area contributed by atoms with Crippen LogP contribution in [0.1, 0.15) is 30.5 Å². The van der Waals surface area contributed by atoms with E-state index < -0.39 is 0 Å². The molecule has 2 aliphatic rings. The number of hydrogen-bond donors (Lipinski definition) is 1. The van der Waals surface area contributed by atoms with Crippen molar-refractivity contribution < 1.29 is 9.84 Å². The summed E-state index contributed by atoms with van der Waals surface area (Å²) in [7, 11) is 0. The van der Waals surface area contributed by atoms with Crippen LogP contribution in [0.25, 0.3) is 0 Å². The summed E-state index contributed by atoms with van der Waals surface area (Å²) in [5.41, 5.74) is 2.18. The highest BCUT2D eigenvalue weighted by Gasteiger charge is 2.31. The topological polar surface area (TPSA) is 61.7 Å². The Bertz CT molecular complexity index is 752. The van der Waals surface area contributed by atoms with Gasteiger partial charge in [0, 0.05) is 50.7 Å². The fourth-order valence-electron chi connectivity index (χ4n) is 4.44. The molecule has 4 rings (SSSR count). The molecule has 2 saturated heterocycles. The summed E-state index contributed by atoms with van der Waals surface area (Å²) in [4.78, 5) is 13.3. The molecule has 0 amide bonds. The number of ether oxygens (including phenoxy) is 1. The standard InChI is InChI=1S/C23H32N4O2/c28-23-18-27(17-20(23)14-21-15-24-7-8-25-21)16-19-5-4-6-22(13-19)29-12-11-26-9-2-1-3-10-26/h4-8,13,15,20,23,28H,1-3,9-12,14,16-18H2/t20-,23-/m1/s1. The van der Waals surface area contributed by atoms with Gasteiger partial charge in [0.1, 0.15) is 12.4 Å². The van der Waals surface area contributed by atoms with Gasteiger partial charge in [0.05, 0.1) is 11.8 Å². The van der Waals surface area contributed by atoms with E-state index in [1.165, 1.54) is 37.9 Å². The number of rotatable bonds is 8. The number of likely N-dealkylation sites (tertiary alicyclic amines) is 2. The van der Waals surface area contributed by atoms with Gasteiger partial charge < -0.3 is 9.84 Å². The maximum atomic E-state index is 10.5. The zero-order chi connectivity index (χ0) is 19.9. The summed E-state index contributed by atoms with van der Waals surface area (Å²) in [6, 6.07) is 8.38. The smallest absolute Gasteiger partial charge is 0.119 e. The molecule has 6 heteroatoms. The fraction of sp³-hybridized carbons (Fsp3) is 0.565. The Morgan fingerprint density at radius 1 is 1.07 bits per heavy atom. The molecule has 2 fully saturated rings. The molecule has 1 aromatic carbocycles. The highest BCUT2D eigenvalue weighted by molar-refractivity contribution is 5.28. The number of hydrogen-bond acceptors (Lipinski definition) is 6. The maximum absolute atomic E-state index is 10.5. The van der Waals surface area contributed by atoms with E-state index in [0.29, 0.717) is 6.54 Å². The highest BCUT2D eigenvalue weighted by atomic mass is 16.5. The molecule has 3 heterocycles. The van der Waals surface area contributed by atoms with Crippen LogP contribution in [-0.4, -0.2) is 70.3 Å². The lowest BCUT2D eigenvalue weighted by atomic mass is 10.0. The second-order valence-corrected chi connectivity index (χ2v) is 8.32. The van der Waals surface area contributed by atoms with Crippen molar-refractivity contribution >= 4 is 0 Å². The third-order valence-electron chi connectivity index (χ3n) is 6.00. The molecule has 2 aliphatic heterocycles. The number of nitrogens with zero attached hydrogens (tertiary/aromatic N) is 4. The quantitative estimate of drug-likeness (QED) is 0.739. The van der Waals surface area contributed by atoms with Crippen LogP contribution in [0.15, 0.2) is 42.9 Å². The van der Waals surface area contributed by atoms with Crippen LogP contribution in [0, 0.1) is 5.92 Å². The van der Waals surface area contributed by atoms with Crippen LogP contribution in [-0.2, 0) is 13.0 Å². The van der Waals surface area contributed by atoms with Gasteiger partial charge in [-0.2, -0.15) is 0 Å². The Balaban J connectivity index is 1.25. The van der Waals surface area contributed by atoms with Gasteiger partial charge in [-0.1, -0.05) is 18.6 Å². The first-order valence-corrected chi connectivity index (χ1v) is 10.9. The molecule has 29 heavy (non-hydrogen) atoms. The van der Waals surface area contributed by atoms with Crippen LogP contribution >= 0.6 is 0 Å². The molecule has 0 aliphatic carbocycles. The summed E-state index contributed by atoms with van der Waals surface area (Å²) < 4.78 is 6.01. The van der Waals surface area contributed by atoms with Gasteiger partial charge >= 0.3 is 0 Å². The van der Waals surface area contributed by atoms with Crippen molar-refractivity contribution in [1.82, 2.24) is 19.8 Å². The van der Waals surface area contributed by atoms with Crippen LogP contribution < -0.4 is 4.74 Å². The second kappa shape index (κ2) is 10.1. The first-order chi connectivity index (χ1) is 14.3. The average Bonchev–Trinajstić information content (AvgIpc) is 3.08. The lowest BCUT2D eigenvalue weighted by Crippen LogP contribution is -2.33. The van der Waals surface area contributed by atoms with E-state index in [9.17, 15) is 5.11 Å². The number of aliphatic hydroxyl groups is 1.